The number of methoxy groups -OCH3 is 1. The molecular formula is C34H37N5O7S. The van der Waals surface area contributed by atoms with Crippen LogP contribution in [0, 0.1) is 27.7 Å². The van der Waals surface area contributed by atoms with Crippen LogP contribution in [0.15, 0.2) is 76.6 Å². The second kappa shape index (κ2) is 13.7. The number of aliphatic imine (C=N–C) groups is 1. The molecule has 0 radical (unpaired) electrons. The molecule has 2 heterocycles. The van der Waals surface area contributed by atoms with E-state index in [4.69, 9.17) is 14.5 Å². The van der Waals surface area contributed by atoms with Crippen LogP contribution in [0.3, 0.4) is 0 Å². The number of nitrogens with zero attached hydrogens (tertiary/aromatic N) is 4. The molecule has 246 valence electrons. The Morgan fingerprint density at radius 1 is 0.979 bits per heavy atom. The summed E-state index contributed by atoms with van der Waals surface area (Å²) >= 11 is 0. The first-order chi connectivity index (χ1) is 22.4. The van der Waals surface area contributed by atoms with Crippen molar-refractivity contribution in [1.82, 2.24) is 14.1 Å². The van der Waals surface area contributed by atoms with Crippen LogP contribution in [0.5, 0.6) is 11.5 Å². The number of carbonyl (C=O) groups excluding carboxylic acids is 1. The standard InChI is InChI=1S/C34H37N5O7S/c1-21-15-16-28(22(2)19-21)46-18-10-17-38-33(35-27-12-7-9-14-30(27)47(38,43)44)32(34(42)36-26-11-6-8-13-29(26)45-5)39-24(4)25(20-31(40)41)23(3)37-39/h6-9,11-16,19,32H,10,17-18,20H2,1-5H3,(H,36,42)(H,40,41). The van der Waals surface area contributed by atoms with Crippen molar-refractivity contribution in [2.45, 2.75) is 51.5 Å². The number of aryl methyl sites for hydroxylation is 3. The van der Waals surface area contributed by atoms with E-state index < -0.39 is 27.9 Å². The number of carboxylic acid groups (broad SMARTS) is 1. The van der Waals surface area contributed by atoms with E-state index >= 15 is 0 Å². The first-order valence-electron chi connectivity index (χ1n) is 15.0. The van der Waals surface area contributed by atoms with Gasteiger partial charge in [0.05, 0.1) is 37.2 Å². The van der Waals surface area contributed by atoms with Gasteiger partial charge in [-0.25, -0.2) is 18.1 Å². The Morgan fingerprint density at radius 3 is 2.43 bits per heavy atom. The lowest BCUT2D eigenvalue weighted by molar-refractivity contribution is -0.136. The van der Waals surface area contributed by atoms with Gasteiger partial charge in [-0.05, 0) is 63.6 Å². The average Bonchev–Trinajstić information content (AvgIpc) is 3.29. The normalized spacial score (nSPS) is 14.1. The minimum Gasteiger partial charge on any atom is -0.495 e. The number of para-hydroxylation sites is 3. The zero-order chi connectivity index (χ0) is 33.9. The molecule has 0 saturated heterocycles. The topological polar surface area (TPSA) is 152 Å². The third kappa shape index (κ3) is 6.85. The zero-order valence-electron chi connectivity index (χ0n) is 26.9. The van der Waals surface area contributed by atoms with Gasteiger partial charge in [0, 0.05) is 24.2 Å². The number of fused-ring (bicyclic) bond motifs is 1. The van der Waals surface area contributed by atoms with Gasteiger partial charge in [-0.2, -0.15) is 5.10 Å². The van der Waals surface area contributed by atoms with Gasteiger partial charge in [0.2, 0.25) is 0 Å². The molecule has 1 aliphatic heterocycles. The Morgan fingerprint density at radius 2 is 1.70 bits per heavy atom. The largest absolute Gasteiger partial charge is 0.495 e. The molecule has 1 unspecified atom stereocenters. The fraction of sp³-hybridized carbons (Fsp3) is 0.294. The number of benzene rings is 3. The molecule has 0 fully saturated rings. The third-order valence-corrected chi connectivity index (χ3v) is 9.77. The Balaban J connectivity index is 1.59. The molecule has 47 heavy (non-hydrogen) atoms. The quantitative estimate of drug-likeness (QED) is 0.199. The number of rotatable bonds is 12. The summed E-state index contributed by atoms with van der Waals surface area (Å²) in [5.74, 6) is -0.716. The van der Waals surface area contributed by atoms with Crippen molar-refractivity contribution in [3.63, 3.8) is 0 Å². The number of aromatic nitrogens is 2. The number of hydrogen-bond donors (Lipinski definition) is 2. The van der Waals surface area contributed by atoms with E-state index in [1.165, 1.54) is 17.9 Å². The number of carboxylic acids is 1. The molecule has 2 N–H and O–H groups in total. The number of ether oxygens (including phenoxy) is 2. The zero-order valence-corrected chi connectivity index (χ0v) is 27.7. The van der Waals surface area contributed by atoms with Crippen molar-refractivity contribution < 1.29 is 32.6 Å². The summed E-state index contributed by atoms with van der Waals surface area (Å²) in [5.41, 5.74) is 3.79. The first-order valence-corrected chi connectivity index (χ1v) is 16.5. The number of aliphatic carboxylic acids is 1. The fourth-order valence-electron chi connectivity index (χ4n) is 5.61. The van der Waals surface area contributed by atoms with Crippen LogP contribution in [0.1, 0.15) is 40.5 Å². The van der Waals surface area contributed by atoms with E-state index in [9.17, 15) is 23.1 Å². The van der Waals surface area contributed by atoms with Crippen LogP contribution in [0.2, 0.25) is 0 Å². The number of amides is 1. The minimum atomic E-state index is -4.19. The van der Waals surface area contributed by atoms with Gasteiger partial charge in [-0.15, -0.1) is 0 Å². The molecular weight excluding hydrogens is 622 g/mol. The van der Waals surface area contributed by atoms with Crippen molar-refractivity contribution in [2.75, 3.05) is 25.6 Å². The van der Waals surface area contributed by atoms with Crippen LogP contribution in [0.25, 0.3) is 0 Å². The van der Waals surface area contributed by atoms with Crippen molar-refractivity contribution >= 4 is 39.1 Å². The van der Waals surface area contributed by atoms with E-state index in [1.807, 2.05) is 32.0 Å². The summed E-state index contributed by atoms with van der Waals surface area (Å²) in [7, 11) is -2.72. The predicted molar refractivity (Wildman–Crippen MR) is 177 cm³/mol. The second-order valence-electron chi connectivity index (χ2n) is 11.2. The van der Waals surface area contributed by atoms with E-state index in [0.717, 1.165) is 15.4 Å². The number of nitrogens with one attached hydrogen (secondary N) is 1. The molecule has 12 nitrogen and oxygen atoms in total. The molecule has 0 aliphatic carbocycles. The monoisotopic (exact) mass is 659 g/mol. The molecule has 1 amide bonds. The summed E-state index contributed by atoms with van der Waals surface area (Å²) in [6.45, 7) is 7.37. The molecule has 13 heteroatoms. The summed E-state index contributed by atoms with van der Waals surface area (Å²) in [4.78, 5) is 30.8. The fourth-order valence-corrected chi connectivity index (χ4v) is 7.24. The molecule has 1 atom stereocenters. The van der Waals surface area contributed by atoms with Gasteiger partial charge in [0.1, 0.15) is 16.4 Å². The second-order valence-corrected chi connectivity index (χ2v) is 13.1. The van der Waals surface area contributed by atoms with E-state index in [2.05, 4.69) is 10.4 Å². The van der Waals surface area contributed by atoms with Crippen LogP contribution in [0.4, 0.5) is 11.4 Å². The lowest BCUT2D eigenvalue weighted by atomic mass is 10.1. The lowest BCUT2D eigenvalue weighted by Gasteiger charge is -2.33. The maximum Gasteiger partial charge on any atom is 0.307 e. The first kappa shape index (κ1) is 33.2. The van der Waals surface area contributed by atoms with Gasteiger partial charge >= 0.3 is 5.97 Å². The third-order valence-electron chi connectivity index (χ3n) is 7.92. The molecule has 1 aliphatic rings. The summed E-state index contributed by atoms with van der Waals surface area (Å²) in [6, 6.07) is 17.5. The SMILES string of the molecule is COc1ccccc1NC(=O)C(C1=Nc2ccccc2S(=O)(=O)N1CCCOc1ccc(C)cc1C)n1nc(C)c(CC(=O)O)c1C. The Kier molecular flexibility index (Phi) is 9.66. The molecule has 0 saturated carbocycles. The summed E-state index contributed by atoms with van der Waals surface area (Å²) in [6.07, 6.45) is -0.0540. The van der Waals surface area contributed by atoms with Crippen LogP contribution in [-0.4, -0.2) is 65.6 Å². The Hall–Kier alpha value is -5.17. The molecule has 0 spiro atoms. The van der Waals surface area contributed by atoms with Gasteiger partial charge in [-0.1, -0.05) is 42.0 Å². The van der Waals surface area contributed by atoms with Gasteiger partial charge < -0.3 is 19.9 Å². The van der Waals surface area contributed by atoms with Crippen molar-refractivity contribution in [3.05, 3.63) is 94.8 Å². The number of sulfonamides is 1. The van der Waals surface area contributed by atoms with Gasteiger partial charge in [0.25, 0.3) is 15.9 Å². The number of carbonyl (C=O) groups is 2. The van der Waals surface area contributed by atoms with E-state index in [-0.39, 0.29) is 42.4 Å². The molecule has 5 rings (SSSR count). The smallest absolute Gasteiger partial charge is 0.307 e. The van der Waals surface area contributed by atoms with Crippen LogP contribution in [-0.2, 0) is 26.0 Å². The maximum atomic E-state index is 14.4. The average molecular weight is 660 g/mol. The molecule has 1 aromatic heterocycles. The highest BCUT2D eigenvalue weighted by atomic mass is 32.2. The Bertz CT molecular complexity index is 1970. The minimum absolute atomic E-state index is 0.00266. The Labute approximate surface area is 273 Å². The van der Waals surface area contributed by atoms with Crippen molar-refractivity contribution in [2.24, 2.45) is 4.99 Å². The maximum absolute atomic E-state index is 14.4. The molecule has 4 aromatic rings. The molecule has 3 aromatic carbocycles. The van der Waals surface area contributed by atoms with E-state index in [0.29, 0.717) is 34.1 Å². The lowest BCUT2D eigenvalue weighted by Crippen LogP contribution is -2.48. The van der Waals surface area contributed by atoms with Crippen molar-refractivity contribution in [3.8, 4) is 11.5 Å². The van der Waals surface area contributed by atoms with Gasteiger partial charge in [0.15, 0.2) is 11.9 Å². The number of anilines is 1. The summed E-state index contributed by atoms with van der Waals surface area (Å²) < 4.78 is 42.4. The summed E-state index contributed by atoms with van der Waals surface area (Å²) in [5, 5.41) is 17.0. The predicted octanol–water partition coefficient (Wildman–Crippen LogP) is 5.14. The highest BCUT2D eigenvalue weighted by molar-refractivity contribution is 7.90. The highest BCUT2D eigenvalue weighted by Gasteiger charge is 2.42. The van der Waals surface area contributed by atoms with Crippen LogP contribution < -0.4 is 14.8 Å². The van der Waals surface area contributed by atoms with Gasteiger partial charge in [-0.3, -0.25) is 13.9 Å². The molecule has 0 bridgehead atoms. The number of amidine groups is 1. The van der Waals surface area contributed by atoms with E-state index in [1.54, 1.807) is 56.3 Å². The highest BCUT2D eigenvalue weighted by Crippen LogP contribution is 2.36. The number of hydrogen-bond acceptors (Lipinski definition) is 8. The van der Waals surface area contributed by atoms with Crippen molar-refractivity contribution in [1.29, 1.82) is 0 Å². The van der Waals surface area contributed by atoms with Crippen LogP contribution >= 0.6 is 0 Å².